The summed E-state index contributed by atoms with van der Waals surface area (Å²) in [5.41, 5.74) is -0.534. The van der Waals surface area contributed by atoms with Crippen LogP contribution in [0.1, 0.15) is 88.0 Å². The van der Waals surface area contributed by atoms with Gasteiger partial charge < -0.3 is 66.9 Å². The van der Waals surface area contributed by atoms with E-state index in [0.29, 0.717) is 11.1 Å². The van der Waals surface area contributed by atoms with Crippen molar-refractivity contribution in [3.05, 3.63) is 119 Å². The van der Waals surface area contributed by atoms with E-state index >= 15 is 0 Å². The average molecular weight is 851 g/mol. The summed E-state index contributed by atoms with van der Waals surface area (Å²) in [5, 5.41) is 66.5. The predicted molar refractivity (Wildman–Crippen MR) is 217 cm³/mol. The molecular weight excluding hydrogens is 800 g/mol. The van der Waals surface area contributed by atoms with Crippen LogP contribution in [0.3, 0.4) is 0 Å². The van der Waals surface area contributed by atoms with Gasteiger partial charge in [-0.3, -0.25) is 9.59 Å². The first-order valence-electron chi connectivity index (χ1n) is 18.1. The van der Waals surface area contributed by atoms with E-state index in [1.807, 2.05) is 0 Å². The van der Waals surface area contributed by atoms with Gasteiger partial charge in [-0.05, 0) is 112 Å². The summed E-state index contributed by atoms with van der Waals surface area (Å²) in [4.78, 5) is 73.7. The Morgan fingerprint density at radius 2 is 0.623 bits per heavy atom. The zero-order valence-corrected chi connectivity index (χ0v) is 34.0. The van der Waals surface area contributed by atoms with Crippen molar-refractivity contribution in [1.82, 2.24) is 21.3 Å². The Balaban J connectivity index is 0.000000413. The van der Waals surface area contributed by atoms with Crippen LogP contribution in [0.2, 0.25) is 0 Å². The van der Waals surface area contributed by atoms with Crippen LogP contribution >= 0.6 is 0 Å². The lowest BCUT2D eigenvalue weighted by Crippen LogP contribution is -2.44. The van der Waals surface area contributed by atoms with Gasteiger partial charge in [0.05, 0.1) is 0 Å². The average Bonchev–Trinajstić information content (AvgIpc) is 3.14. The maximum atomic E-state index is 12.9. The highest BCUT2D eigenvalue weighted by molar-refractivity contribution is 5.91. The Morgan fingerprint density at radius 3 is 0.820 bits per heavy atom. The standard InChI is InChI=1S/2C21H24N2O7.H2O/c2*1-21(2,3)30-20(29)23-16(12-4-8-14(24)9-5-12)18(26)22-17(19(27)28)13-6-10-15(25)11-7-13;/h2*4-11,16-17,24-25H,1-3H3,(H,22,26)(H,23,29)(H,27,28);1H2. The van der Waals surface area contributed by atoms with E-state index in [1.54, 1.807) is 41.5 Å². The number of carboxylic acids is 2. The zero-order chi connectivity index (χ0) is 44.9. The second-order valence-corrected chi connectivity index (χ2v) is 15.1. The minimum atomic E-state index is -1.42. The Labute approximate surface area is 350 Å². The maximum absolute atomic E-state index is 12.9. The van der Waals surface area contributed by atoms with E-state index in [1.165, 1.54) is 97.1 Å². The van der Waals surface area contributed by atoms with Crippen LogP contribution in [0.25, 0.3) is 0 Å². The van der Waals surface area contributed by atoms with E-state index in [4.69, 9.17) is 9.47 Å². The number of aliphatic carboxylic acids is 2. The molecule has 328 valence electrons. The molecule has 0 bridgehead atoms. The van der Waals surface area contributed by atoms with Crippen molar-refractivity contribution in [2.24, 2.45) is 0 Å². The second-order valence-electron chi connectivity index (χ2n) is 15.1. The Kier molecular flexibility index (Phi) is 17.5. The van der Waals surface area contributed by atoms with Gasteiger partial charge in [-0.1, -0.05) is 48.5 Å². The molecule has 0 saturated carbocycles. The maximum Gasteiger partial charge on any atom is 0.408 e. The molecule has 0 heterocycles. The number of nitrogens with one attached hydrogen (secondary N) is 4. The normalized spacial score (nSPS) is 12.8. The summed E-state index contributed by atoms with van der Waals surface area (Å²) in [6, 6.07) is 16.3. The lowest BCUT2D eigenvalue weighted by atomic mass is 10.0. The Morgan fingerprint density at radius 1 is 0.410 bits per heavy atom. The van der Waals surface area contributed by atoms with Crippen LogP contribution in [-0.2, 0) is 28.7 Å². The number of ether oxygens (including phenoxy) is 2. The van der Waals surface area contributed by atoms with Gasteiger partial charge in [0.25, 0.3) is 0 Å². The highest BCUT2D eigenvalue weighted by Crippen LogP contribution is 2.24. The van der Waals surface area contributed by atoms with Crippen LogP contribution in [0, 0.1) is 0 Å². The second kappa shape index (κ2) is 21.5. The summed E-state index contributed by atoms with van der Waals surface area (Å²) >= 11 is 0. The third-order valence-corrected chi connectivity index (χ3v) is 7.82. The van der Waals surface area contributed by atoms with Gasteiger partial charge in [-0.2, -0.15) is 0 Å². The molecule has 0 aliphatic carbocycles. The van der Waals surface area contributed by atoms with Gasteiger partial charge in [-0.25, -0.2) is 19.2 Å². The molecule has 61 heavy (non-hydrogen) atoms. The lowest BCUT2D eigenvalue weighted by Gasteiger charge is -2.25. The molecule has 0 saturated heterocycles. The quantitative estimate of drug-likeness (QED) is 0.0946. The number of benzene rings is 4. The van der Waals surface area contributed by atoms with Gasteiger partial charge in [0.2, 0.25) is 11.8 Å². The third kappa shape index (κ3) is 16.3. The van der Waals surface area contributed by atoms with Crippen molar-refractivity contribution in [1.29, 1.82) is 0 Å². The van der Waals surface area contributed by atoms with Crippen LogP contribution in [0.5, 0.6) is 23.0 Å². The molecule has 0 aliphatic rings. The van der Waals surface area contributed by atoms with Crippen molar-refractivity contribution in [3.63, 3.8) is 0 Å². The van der Waals surface area contributed by atoms with Gasteiger partial charge in [-0.15, -0.1) is 0 Å². The van der Waals surface area contributed by atoms with Gasteiger partial charge in [0.15, 0.2) is 12.1 Å². The molecule has 0 aromatic heterocycles. The van der Waals surface area contributed by atoms with Crippen LogP contribution in [0.4, 0.5) is 9.59 Å². The predicted octanol–water partition coefficient (Wildman–Crippen LogP) is 4.39. The van der Waals surface area contributed by atoms with Crippen molar-refractivity contribution < 1.29 is 74.4 Å². The first-order chi connectivity index (χ1) is 27.9. The fourth-order valence-electron chi connectivity index (χ4n) is 5.14. The first-order valence-corrected chi connectivity index (χ1v) is 18.1. The zero-order valence-electron chi connectivity index (χ0n) is 34.0. The monoisotopic (exact) mass is 850 g/mol. The summed E-state index contributed by atoms with van der Waals surface area (Å²) in [7, 11) is 0. The molecular formula is C42H50N4O15. The molecule has 4 aromatic carbocycles. The molecule has 0 aliphatic heterocycles. The van der Waals surface area contributed by atoms with E-state index in [2.05, 4.69) is 21.3 Å². The molecule has 4 atom stereocenters. The largest absolute Gasteiger partial charge is 0.508 e. The molecule has 19 nitrogen and oxygen atoms in total. The topological polar surface area (TPSA) is 322 Å². The number of alkyl carbamates (subject to hydrolysis) is 2. The van der Waals surface area contributed by atoms with Gasteiger partial charge >= 0.3 is 24.1 Å². The molecule has 19 heteroatoms. The molecule has 4 rings (SSSR count). The summed E-state index contributed by atoms with van der Waals surface area (Å²) in [5.74, 6) is -4.43. The number of phenolic OH excluding ortho intramolecular Hbond substituents is 4. The van der Waals surface area contributed by atoms with E-state index in [-0.39, 0.29) is 39.6 Å². The molecule has 4 aromatic rings. The highest BCUT2D eigenvalue weighted by Gasteiger charge is 2.32. The lowest BCUT2D eigenvalue weighted by molar-refractivity contribution is -0.142. The Bertz CT molecular complexity index is 1960. The first kappa shape index (κ1) is 49.6. The SMILES string of the molecule is CC(C)(C)OC(=O)NC(C(=O)NC(C(=O)O)c1ccc(O)cc1)c1ccc(O)cc1.CC(C)(C)OC(=O)NC(C(=O)NC(C(=O)O)c1ccc(O)cc1)c1ccc(O)cc1.O. The number of aromatic hydroxyl groups is 4. The number of hydrogen-bond donors (Lipinski definition) is 10. The third-order valence-electron chi connectivity index (χ3n) is 7.82. The Hall–Kier alpha value is -7.54. The van der Waals surface area contributed by atoms with Crippen molar-refractivity contribution in [3.8, 4) is 23.0 Å². The van der Waals surface area contributed by atoms with Crippen molar-refractivity contribution >= 4 is 35.9 Å². The van der Waals surface area contributed by atoms with E-state index in [9.17, 15) is 59.4 Å². The summed E-state index contributed by atoms with van der Waals surface area (Å²) < 4.78 is 10.4. The fraction of sp³-hybridized carbons (Fsp3) is 0.286. The number of rotatable bonds is 12. The van der Waals surface area contributed by atoms with Gasteiger partial charge in [0, 0.05) is 0 Å². The van der Waals surface area contributed by atoms with Gasteiger partial charge in [0.1, 0.15) is 46.3 Å². The number of hydrogen-bond acceptors (Lipinski definition) is 12. The van der Waals surface area contributed by atoms with E-state index < -0.39 is 71.3 Å². The van der Waals surface area contributed by atoms with Crippen LogP contribution in [0.15, 0.2) is 97.1 Å². The van der Waals surface area contributed by atoms with Crippen molar-refractivity contribution in [2.75, 3.05) is 0 Å². The number of phenols is 4. The number of carbonyl (C=O) groups excluding carboxylic acids is 4. The molecule has 0 spiro atoms. The van der Waals surface area contributed by atoms with Crippen molar-refractivity contribution in [2.45, 2.75) is 76.9 Å². The minimum absolute atomic E-state index is 0. The van der Waals surface area contributed by atoms with Crippen LogP contribution < -0.4 is 21.3 Å². The molecule has 12 N–H and O–H groups in total. The number of amides is 4. The van der Waals surface area contributed by atoms with E-state index in [0.717, 1.165) is 0 Å². The fourth-order valence-corrected chi connectivity index (χ4v) is 5.14. The number of carbonyl (C=O) groups is 6. The molecule has 4 unspecified atom stereocenters. The highest BCUT2D eigenvalue weighted by atomic mass is 16.6. The molecule has 0 radical (unpaired) electrons. The minimum Gasteiger partial charge on any atom is -0.508 e. The molecule has 0 fully saturated rings. The summed E-state index contributed by atoms with van der Waals surface area (Å²) in [6.07, 6.45) is -1.74. The van der Waals surface area contributed by atoms with Crippen LogP contribution in [-0.4, -0.2) is 83.3 Å². The molecule has 4 amide bonds. The number of carboxylic acid groups (broad SMARTS) is 2. The summed E-state index contributed by atoms with van der Waals surface area (Å²) in [6.45, 7) is 9.96. The smallest absolute Gasteiger partial charge is 0.408 e.